The normalized spacial score (nSPS) is 11.0. The number of rotatable bonds is 6. The third-order valence-electron chi connectivity index (χ3n) is 5.07. The second-order valence-electron chi connectivity index (χ2n) is 7.15. The SMILES string of the molecule is C=CCSc1nnc(-c2ccccc2)c2c(-c3ccccc3)n(-c3ccc(Cl)cc3)nc12. The molecular formula is C26H19ClN4S. The maximum atomic E-state index is 6.16. The lowest BCUT2D eigenvalue weighted by Crippen LogP contribution is -1.99. The molecule has 3 aromatic carbocycles. The molecule has 6 heteroatoms. The van der Waals surface area contributed by atoms with Gasteiger partial charge in [0.25, 0.3) is 0 Å². The third-order valence-corrected chi connectivity index (χ3v) is 6.27. The van der Waals surface area contributed by atoms with Crippen molar-refractivity contribution in [3.05, 3.63) is 103 Å². The van der Waals surface area contributed by atoms with Crippen LogP contribution in [-0.4, -0.2) is 25.7 Å². The molecule has 0 fully saturated rings. The minimum atomic E-state index is 0.683. The number of benzene rings is 3. The Morgan fingerprint density at radius 2 is 1.50 bits per heavy atom. The number of hydrogen-bond acceptors (Lipinski definition) is 4. The molecule has 0 bridgehead atoms. The zero-order valence-corrected chi connectivity index (χ0v) is 18.7. The van der Waals surface area contributed by atoms with Gasteiger partial charge in [-0.1, -0.05) is 90.1 Å². The van der Waals surface area contributed by atoms with Crippen molar-refractivity contribution in [3.8, 4) is 28.2 Å². The van der Waals surface area contributed by atoms with Gasteiger partial charge in [-0.3, -0.25) is 0 Å². The summed E-state index contributed by atoms with van der Waals surface area (Å²) in [6.07, 6.45) is 1.86. The van der Waals surface area contributed by atoms with Crippen molar-refractivity contribution in [2.75, 3.05) is 5.75 Å². The molecule has 0 spiro atoms. The molecule has 0 saturated carbocycles. The van der Waals surface area contributed by atoms with Crippen LogP contribution < -0.4 is 0 Å². The van der Waals surface area contributed by atoms with E-state index in [1.807, 2.05) is 71.4 Å². The van der Waals surface area contributed by atoms with Crippen molar-refractivity contribution in [1.29, 1.82) is 0 Å². The van der Waals surface area contributed by atoms with Crippen molar-refractivity contribution in [2.45, 2.75) is 5.03 Å². The molecule has 0 aliphatic carbocycles. The quantitative estimate of drug-likeness (QED) is 0.203. The van der Waals surface area contributed by atoms with E-state index in [0.29, 0.717) is 5.02 Å². The van der Waals surface area contributed by atoms with Crippen LogP contribution in [0.15, 0.2) is 103 Å². The third kappa shape index (κ3) is 3.81. The highest BCUT2D eigenvalue weighted by atomic mass is 35.5. The van der Waals surface area contributed by atoms with Crippen LogP contribution in [0.5, 0.6) is 0 Å². The van der Waals surface area contributed by atoms with Crippen molar-refractivity contribution in [1.82, 2.24) is 20.0 Å². The highest BCUT2D eigenvalue weighted by Crippen LogP contribution is 2.39. The molecule has 32 heavy (non-hydrogen) atoms. The van der Waals surface area contributed by atoms with Crippen LogP contribution in [0, 0.1) is 0 Å². The van der Waals surface area contributed by atoms with Gasteiger partial charge in [0.1, 0.15) is 16.2 Å². The molecule has 0 atom stereocenters. The number of halogens is 1. The van der Waals surface area contributed by atoms with Gasteiger partial charge >= 0.3 is 0 Å². The van der Waals surface area contributed by atoms with Crippen molar-refractivity contribution in [3.63, 3.8) is 0 Å². The van der Waals surface area contributed by atoms with E-state index >= 15 is 0 Å². The molecule has 0 saturated heterocycles. The van der Waals surface area contributed by atoms with Gasteiger partial charge in [-0.25, -0.2) is 4.68 Å². The topological polar surface area (TPSA) is 43.6 Å². The van der Waals surface area contributed by atoms with Crippen LogP contribution in [-0.2, 0) is 0 Å². The summed E-state index contributed by atoms with van der Waals surface area (Å²) in [5.41, 5.74) is 5.57. The fourth-order valence-electron chi connectivity index (χ4n) is 3.65. The Morgan fingerprint density at radius 3 is 2.16 bits per heavy atom. The maximum absolute atomic E-state index is 6.16. The summed E-state index contributed by atoms with van der Waals surface area (Å²) < 4.78 is 1.96. The highest BCUT2D eigenvalue weighted by molar-refractivity contribution is 7.99. The Kier molecular flexibility index (Phi) is 5.75. The Balaban J connectivity index is 1.89. The summed E-state index contributed by atoms with van der Waals surface area (Å²) in [4.78, 5) is 0. The largest absolute Gasteiger partial charge is 0.232 e. The Bertz CT molecular complexity index is 1380. The van der Waals surface area contributed by atoms with Crippen LogP contribution in [0.2, 0.25) is 5.02 Å². The van der Waals surface area contributed by atoms with E-state index in [-0.39, 0.29) is 0 Å². The van der Waals surface area contributed by atoms with E-state index in [9.17, 15) is 0 Å². The fourth-order valence-corrected chi connectivity index (χ4v) is 4.43. The lowest BCUT2D eigenvalue weighted by Gasteiger charge is -2.10. The average molecular weight is 455 g/mol. The minimum Gasteiger partial charge on any atom is -0.232 e. The number of thioether (sulfide) groups is 1. The summed E-state index contributed by atoms with van der Waals surface area (Å²) in [5.74, 6) is 0.725. The standard InChI is InChI=1S/C26H19ClN4S/c1-2-17-32-26-24-22(23(28-29-26)18-9-5-3-6-10-18)25(19-11-7-4-8-12-19)31(30-24)21-15-13-20(27)14-16-21/h2-16H,1,17H2. The molecule has 5 aromatic rings. The molecular weight excluding hydrogens is 436 g/mol. The van der Waals surface area contributed by atoms with Gasteiger partial charge in [0.05, 0.1) is 16.8 Å². The number of aromatic nitrogens is 4. The molecule has 0 radical (unpaired) electrons. The smallest absolute Gasteiger partial charge is 0.147 e. The van der Waals surface area contributed by atoms with E-state index in [1.54, 1.807) is 11.8 Å². The molecule has 0 amide bonds. The van der Waals surface area contributed by atoms with Gasteiger partial charge in [-0.2, -0.15) is 5.10 Å². The molecule has 2 heterocycles. The maximum Gasteiger partial charge on any atom is 0.147 e. The number of hydrogen-bond donors (Lipinski definition) is 0. The molecule has 0 N–H and O–H groups in total. The van der Waals surface area contributed by atoms with Crippen molar-refractivity contribution >= 4 is 34.3 Å². The molecule has 2 aromatic heterocycles. The lowest BCUT2D eigenvalue weighted by atomic mass is 10.0. The first-order valence-electron chi connectivity index (χ1n) is 10.2. The van der Waals surface area contributed by atoms with Gasteiger partial charge in [0, 0.05) is 21.9 Å². The van der Waals surface area contributed by atoms with Gasteiger partial charge in [-0.15, -0.1) is 16.8 Å². The number of fused-ring (bicyclic) bond motifs is 1. The van der Waals surface area contributed by atoms with Gasteiger partial charge in [0.2, 0.25) is 0 Å². The summed E-state index contributed by atoms with van der Waals surface area (Å²) in [7, 11) is 0. The Hall–Kier alpha value is -3.41. The lowest BCUT2D eigenvalue weighted by molar-refractivity contribution is 0.887. The van der Waals surface area contributed by atoms with Crippen LogP contribution >= 0.6 is 23.4 Å². The molecule has 4 nitrogen and oxygen atoms in total. The minimum absolute atomic E-state index is 0.683. The van der Waals surface area contributed by atoms with E-state index < -0.39 is 0 Å². The summed E-state index contributed by atoms with van der Waals surface area (Å²) in [6, 6.07) is 28.1. The average Bonchev–Trinajstić information content (AvgIpc) is 3.25. The second kappa shape index (κ2) is 8.99. The first-order valence-corrected chi connectivity index (χ1v) is 11.5. The predicted octanol–water partition coefficient (Wildman–Crippen LogP) is 7.08. The number of nitrogens with zero attached hydrogens (tertiary/aromatic N) is 4. The zero-order chi connectivity index (χ0) is 21.9. The van der Waals surface area contributed by atoms with E-state index in [4.69, 9.17) is 16.7 Å². The zero-order valence-electron chi connectivity index (χ0n) is 17.1. The highest BCUT2D eigenvalue weighted by Gasteiger charge is 2.23. The van der Waals surface area contributed by atoms with E-state index in [2.05, 4.69) is 41.0 Å². The van der Waals surface area contributed by atoms with E-state index in [0.717, 1.165) is 49.9 Å². The van der Waals surface area contributed by atoms with Crippen molar-refractivity contribution in [2.24, 2.45) is 0 Å². The Morgan fingerprint density at radius 1 is 0.844 bits per heavy atom. The monoisotopic (exact) mass is 454 g/mol. The fraction of sp³-hybridized carbons (Fsp3) is 0.0385. The first-order chi connectivity index (χ1) is 15.8. The van der Waals surface area contributed by atoms with Crippen molar-refractivity contribution < 1.29 is 0 Å². The van der Waals surface area contributed by atoms with E-state index in [1.165, 1.54) is 0 Å². The molecule has 5 rings (SSSR count). The van der Waals surface area contributed by atoms with Crippen LogP contribution in [0.3, 0.4) is 0 Å². The summed E-state index contributed by atoms with van der Waals surface area (Å²) in [5, 5.41) is 16.7. The van der Waals surface area contributed by atoms with Crippen LogP contribution in [0.1, 0.15) is 0 Å². The molecule has 0 unspecified atom stereocenters. The van der Waals surface area contributed by atoms with Crippen LogP contribution in [0.4, 0.5) is 0 Å². The molecule has 156 valence electrons. The molecule has 0 aliphatic heterocycles. The Labute approximate surface area is 195 Å². The molecule has 0 aliphatic rings. The second-order valence-corrected chi connectivity index (χ2v) is 8.59. The van der Waals surface area contributed by atoms with Gasteiger partial charge in [-0.05, 0) is 24.3 Å². The van der Waals surface area contributed by atoms with Gasteiger partial charge in [0.15, 0.2) is 0 Å². The van der Waals surface area contributed by atoms with Gasteiger partial charge < -0.3 is 0 Å². The van der Waals surface area contributed by atoms with Crippen LogP contribution in [0.25, 0.3) is 39.1 Å². The predicted molar refractivity (Wildman–Crippen MR) is 133 cm³/mol. The summed E-state index contributed by atoms with van der Waals surface area (Å²) >= 11 is 7.74. The first kappa shape index (κ1) is 20.5. The summed E-state index contributed by atoms with van der Waals surface area (Å²) in [6.45, 7) is 3.84.